The summed E-state index contributed by atoms with van der Waals surface area (Å²) in [5.74, 6) is 0. The minimum atomic E-state index is -3.92. The fraction of sp³-hybridized carbons (Fsp3) is 0.158. The molecule has 0 spiro atoms. The lowest BCUT2D eigenvalue weighted by Crippen LogP contribution is -2.23. The van der Waals surface area contributed by atoms with Gasteiger partial charge >= 0.3 is 0 Å². The molecule has 3 aromatic rings. The number of aliphatic hydroxyl groups is 1. The summed E-state index contributed by atoms with van der Waals surface area (Å²) < 4.78 is 27.6. The Bertz CT molecular complexity index is 1090. The number of benzene rings is 2. The summed E-state index contributed by atoms with van der Waals surface area (Å²) in [6.07, 6.45) is -0.782. The van der Waals surface area contributed by atoms with E-state index in [9.17, 15) is 23.6 Å². The molecule has 0 saturated heterocycles. The second-order valence-electron chi connectivity index (χ2n) is 6.15. The van der Waals surface area contributed by atoms with Gasteiger partial charge in [0.25, 0.3) is 5.69 Å². The van der Waals surface area contributed by atoms with Crippen molar-refractivity contribution in [3.05, 3.63) is 91.7 Å². The van der Waals surface area contributed by atoms with Crippen LogP contribution in [-0.4, -0.2) is 18.4 Å². The predicted molar refractivity (Wildman–Crippen MR) is 107 cm³/mol. The van der Waals surface area contributed by atoms with Crippen LogP contribution in [0.4, 0.5) is 5.69 Å². The quantitative estimate of drug-likeness (QED) is 0.451. The molecule has 28 heavy (non-hydrogen) atoms. The Morgan fingerprint density at radius 3 is 2.54 bits per heavy atom. The molecule has 2 N–H and O–H groups in total. The van der Waals surface area contributed by atoms with E-state index in [4.69, 9.17) is 0 Å². The van der Waals surface area contributed by atoms with Crippen molar-refractivity contribution in [3.8, 4) is 0 Å². The summed E-state index contributed by atoms with van der Waals surface area (Å²) in [6.45, 7) is 1.61. The molecular formula is C19H18N2O5S2. The molecule has 1 heterocycles. The van der Waals surface area contributed by atoms with Gasteiger partial charge in [-0.3, -0.25) is 10.1 Å². The van der Waals surface area contributed by atoms with Gasteiger partial charge in [-0.05, 0) is 30.2 Å². The van der Waals surface area contributed by atoms with Crippen molar-refractivity contribution in [3.63, 3.8) is 0 Å². The van der Waals surface area contributed by atoms with Gasteiger partial charge in [0.05, 0.1) is 9.82 Å². The third kappa shape index (κ3) is 4.45. The zero-order chi connectivity index (χ0) is 20.3. The van der Waals surface area contributed by atoms with E-state index >= 15 is 0 Å². The van der Waals surface area contributed by atoms with Gasteiger partial charge in [0.2, 0.25) is 10.0 Å². The lowest BCUT2D eigenvalue weighted by atomic mass is 10.1. The number of non-ortho nitro benzene ring substituents is 1. The molecule has 0 aliphatic rings. The Labute approximate surface area is 166 Å². The van der Waals surface area contributed by atoms with Gasteiger partial charge in [-0.15, -0.1) is 11.3 Å². The van der Waals surface area contributed by atoms with Crippen molar-refractivity contribution in [1.82, 2.24) is 4.72 Å². The number of hydrogen-bond acceptors (Lipinski definition) is 6. The predicted octanol–water partition coefficient (Wildman–Crippen LogP) is 3.52. The first-order valence-electron chi connectivity index (χ1n) is 8.34. The fourth-order valence-corrected chi connectivity index (χ4v) is 5.00. The molecule has 3 rings (SSSR count). The van der Waals surface area contributed by atoms with Crippen molar-refractivity contribution in [2.24, 2.45) is 0 Å². The lowest BCUT2D eigenvalue weighted by molar-refractivity contribution is -0.385. The molecule has 0 radical (unpaired) electrons. The van der Waals surface area contributed by atoms with Crippen molar-refractivity contribution in [1.29, 1.82) is 0 Å². The zero-order valence-corrected chi connectivity index (χ0v) is 16.5. The van der Waals surface area contributed by atoms with E-state index in [1.807, 2.05) is 30.3 Å². The lowest BCUT2D eigenvalue weighted by Gasteiger charge is -2.09. The van der Waals surface area contributed by atoms with Crippen LogP contribution < -0.4 is 4.72 Å². The number of aliphatic hydroxyl groups excluding tert-OH is 1. The first-order valence-corrected chi connectivity index (χ1v) is 10.6. The van der Waals surface area contributed by atoms with E-state index in [-0.39, 0.29) is 17.1 Å². The normalized spacial score (nSPS) is 12.6. The van der Waals surface area contributed by atoms with E-state index in [0.29, 0.717) is 10.4 Å². The fourth-order valence-electron chi connectivity index (χ4n) is 2.67. The highest BCUT2D eigenvalue weighted by Crippen LogP contribution is 2.29. The maximum Gasteiger partial charge on any atom is 0.270 e. The van der Waals surface area contributed by atoms with E-state index in [0.717, 1.165) is 16.5 Å². The molecule has 0 bridgehead atoms. The summed E-state index contributed by atoms with van der Waals surface area (Å²) >= 11 is 1.30. The summed E-state index contributed by atoms with van der Waals surface area (Å²) in [4.78, 5) is 11.6. The molecule has 0 aliphatic carbocycles. The third-order valence-electron chi connectivity index (χ3n) is 4.18. The third-order valence-corrected chi connectivity index (χ3v) is 6.86. The van der Waals surface area contributed by atoms with E-state index in [1.165, 1.54) is 23.5 Å². The molecule has 7 nitrogen and oxygen atoms in total. The van der Waals surface area contributed by atoms with Crippen LogP contribution in [0.5, 0.6) is 0 Å². The monoisotopic (exact) mass is 418 g/mol. The van der Waals surface area contributed by atoms with Crippen molar-refractivity contribution in [2.45, 2.75) is 24.5 Å². The number of nitro benzene ring substituents is 1. The number of rotatable bonds is 7. The van der Waals surface area contributed by atoms with Gasteiger partial charge in [0.1, 0.15) is 6.10 Å². The van der Waals surface area contributed by atoms with Gasteiger partial charge in [-0.25, -0.2) is 13.1 Å². The largest absolute Gasteiger partial charge is 0.383 e. The Morgan fingerprint density at radius 1 is 1.14 bits per heavy atom. The maximum absolute atomic E-state index is 12.6. The average molecular weight is 418 g/mol. The van der Waals surface area contributed by atoms with Crippen molar-refractivity contribution in [2.75, 3.05) is 0 Å². The molecule has 0 amide bonds. The van der Waals surface area contributed by atoms with Gasteiger partial charge in [-0.2, -0.15) is 0 Å². The topological polar surface area (TPSA) is 110 Å². The van der Waals surface area contributed by atoms with Crippen LogP contribution in [0.2, 0.25) is 0 Å². The first kappa shape index (κ1) is 20.2. The van der Waals surface area contributed by atoms with Crippen LogP contribution in [0.15, 0.2) is 65.6 Å². The number of nitrogens with one attached hydrogen (secondary N) is 1. The van der Waals surface area contributed by atoms with Crippen LogP contribution in [0.1, 0.15) is 27.0 Å². The number of aryl methyl sites for hydroxylation is 1. The minimum absolute atomic E-state index is 0.0244. The average Bonchev–Trinajstić information content (AvgIpc) is 3.15. The smallest absolute Gasteiger partial charge is 0.270 e. The highest BCUT2D eigenvalue weighted by Gasteiger charge is 2.21. The highest BCUT2D eigenvalue weighted by molar-refractivity contribution is 7.89. The maximum atomic E-state index is 12.6. The van der Waals surface area contributed by atoms with Crippen molar-refractivity contribution < 1.29 is 18.4 Å². The number of hydrogen-bond donors (Lipinski definition) is 2. The summed E-state index contributed by atoms with van der Waals surface area (Å²) in [5, 5.41) is 21.4. The van der Waals surface area contributed by atoms with Crippen LogP contribution in [0.25, 0.3) is 0 Å². The molecule has 2 aromatic carbocycles. The molecule has 9 heteroatoms. The van der Waals surface area contributed by atoms with E-state index < -0.39 is 21.1 Å². The van der Waals surface area contributed by atoms with Crippen molar-refractivity contribution >= 4 is 27.0 Å². The molecule has 0 saturated carbocycles. The molecule has 0 fully saturated rings. The number of nitrogens with zero attached hydrogens (tertiary/aromatic N) is 1. The van der Waals surface area contributed by atoms with Gasteiger partial charge in [-0.1, -0.05) is 36.4 Å². The molecule has 0 aliphatic heterocycles. The van der Waals surface area contributed by atoms with Crippen LogP contribution in [-0.2, 0) is 16.6 Å². The molecule has 1 unspecified atom stereocenters. The standard InChI is InChI=1S/C19H18N2O5S2/c1-13-7-8-15(21(23)24)11-18(13)28(25,26)20-12-16-9-10-17(27-16)19(22)14-5-3-2-4-6-14/h2-11,19-20,22H,12H2,1H3. The van der Waals surface area contributed by atoms with Gasteiger partial charge < -0.3 is 5.11 Å². The first-order chi connectivity index (χ1) is 13.3. The second-order valence-corrected chi connectivity index (χ2v) is 9.08. The van der Waals surface area contributed by atoms with E-state index in [2.05, 4.69) is 4.72 Å². The zero-order valence-electron chi connectivity index (χ0n) is 14.9. The summed E-state index contributed by atoms with van der Waals surface area (Å²) in [7, 11) is -3.92. The number of thiophene rings is 1. The molecule has 1 atom stereocenters. The Morgan fingerprint density at radius 2 is 1.86 bits per heavy atom. The Kier molecular flexibility index (Phi) is 5.90. The number of nitro groups is 1. The Balaban J connectivity index is 1.75. The van der Waals surface area contributed by atoms with E-state index in [1.54, 1.807) is 19.1 Å². The molecular weight excluding hydrogens is 400 g/mol. The minimum Gasteiger partial charge on any atom is -0.383 e. The summed E-state index contributed by atoms with van der Waals surface area (Å²) in [6, 6.07) is 16.4. The Hall–Kier alpha value is -2.59. The van der Waals surface area contributed by atoms with Gasteiger partial charge in [0.15, 0.2) is 0 Å². The van der Waals surface area contributed by atoms with Crippen LogP contribution in [0, 0.1) is 17.0 Å². The number of sulfonamides is 1. The second kappa shape index (κ2) is 8.19. The van der Waals surface area contributed by atoms with Crippen LogP contribution >= 0.6 is 11.3 Å². The highest BCUT2D eigenvalue weighted by atomic mass is 32.2. The summed E-state index contributed by atoms with van der Waals surface area (Å²) in [5.41, 5.74) is 0.892. The molecule has 1 aromatic heterocycles. The van der Waals surface area contributed by atoms with Crippen LogP contribution in [0.3, 0.4) is 0 Å². The SMILES string of the molecule is Cc1ccc([N+](=O)[O-])cc1S(=O)(=O)NCc1ccc(C(O)c2ccccc2)s1. The van der Waals surface area contributed by atoms with Gasteiger partial charge in [0, 0.05) is 28.4 Å². The molecule has 146 valence electrons.